The van der Waals surface area contributed by atoms with E-state index in [1.54, 1.807) is 0 Å². The molecule has 0 bridgehead atoms. The Labute approximate surface area is 151 Å². The first kappa shape index (κ1) is 18.1. The topological polar surface area (TPSA) is 48.9 Å². The molecule has 0 saturated carbocycles. The van der Waals surface area contributed by atoms with Crippen molar-refractivity contribution in [2.75, 3.05) is 33.2 Å². The van der Waals surface area contributed by atoms with Crippen LogP contribution in [0.2, 0.25) is 0 Å². The average molecular weight is 345 g/mol. The van der Waals surface area contributed by atoms with E-state index < -0.39 is 0 Å². The van der Waals surface area contributed by atoms with Crippen LogP contribution in [0.25, 0.3) is 0 Å². The number of guanidine groups is 1. The Balaban J connectivity index is 1.45. The zero-order chi connectivity index (χ0) is 17.6. The largest absolute Gasteiger partial charge is 0.488 e. The highest BCUT2D eigenvalue weighted by Gasteiger charge is 2.25. The first-order valence-electron chi connectivity index (χ1n) is 9.60. The number of ether oxygens (including phenoxy) is 1. The van der Waals surface area contributed by atoms with Gasteiger partial charge in [0.05, 0.1) is 6.54 Å². The molecule has 3 rings (SSSR count). The maximum Gasteiger partial charge on any atom is 0.191 e. The van der Waals surface area contributed by atoms with Crippen LogP contribution >= 0.6 is 0 Å². The van der Waals surface area contributed by atoms with E-state index in [-0.39, 0.29) is 6.10 Å². The van der Waals surface area contributed by atoms with Crippen LogP contribution in [0.4, 0.5) is 0 Å². The van der Waals surface area contributed by atoms with Gasteiger partial charge in [-0.1, -0.05) is 32.0 Å². The van der Waals surface area contributed by atoms with E-state index in [2.05, 4.69) is 46.5 Å². The molecule has 2 unspecified atom stereocenters. The Hall–Kier alpha value is -1.75. The summed E-state index contributed by atoms with van der Waals surface area (Å²) in [5.74, 6) is 2.52. The molecule has 1 aromatic rings. The Kier molecular flexibility index (Phi) is 6.19. The molecule has 1 fully saturated rings. The van der Waals surface area contributed by atoms with Crippen LogP contribution in [0.3, 0.4) is 0 Å². The number of fused-ring (bicyclic) bond motifs is 1. The molecule has 5 heteroatoms. The summed E-state index contributed by atoms with van der Waals surface area (Å²) in [7, 11) is 1.83. The van der Waals surface area contributed by atoms with E-state index in [9.17, 15) is 0 Å². The van der Waals surface area contributed by atoms with Crippen molar-refractivity contribution in [1.82, 2.24) is 15.5 Å². The summed E-state index contributed by atoms with van der Waals surface area (Å²) in [4.78, 5) is 6.99. The monoisotopic (exact) mass is 344 g/mol. The zero-order valence-corrected chi connectivity index (χ0v) is 15.8. The van der Waals surface area contributed by atoms with E-state index in [0.717, 1.165) is 31.2 Å². The van der Waals surface area contributed by atoms with Gasteiger partial charge in [0.25, 0.3) is 0 Å². The molecule has 1 saturated heterocycles. The number of para-hydroxylation sites is 1. The van der Waals surface area contributed by atoms with Crippen LogP contribution < -0.4 is 15.4 Å². The van der Waals surface area contributed by atoms with Crippen molar-refractivity contribution in [1.29, 1.82) is 0 Å². The van der Waals surface area contributed by atoms with E-state index in [4.69, 9.17) is 4.74 Å². The average Bonchev–Trinajstić information content (AvgIpc) is 3.26. The molecule has 0 amide bonds. The predicted octanol–water partition coefficient (Wildman–Crippen LogP) is 2.28. The number of rotatable bonds is 6. The molecule has 0 aromatic heterocycles. The molecule has 2 atom stereocenters. The van der Waals surface area contributed by atoms with Gasteiger partial charge < -0.3 is 15.4 Å². The third-order valence-electron chi connectivity index (χ3n) is 5.29. The fourth-order valence-electron chi connectivity index (χ4n) is 3.86. The van der Waals surface area contributed by atoms with E-state index in [0.29, 0.717) is 12.0 Å². The molecule has 2 aliphatic heterocycles. The second-order valence-electron chi connectivity index (χ2n) is 7.44. The Morgan fingerprint density at radius 3 is 2.68 bits per heavy atom. The number of likely N-dealkylation sites (tertiary alicyclic amines) is 1. The second-order valence-corrected chi connectivity index (χ2v) is 7.44. The fourth-order valence-corrected chi connectivity index (χ4v) is 3.86. The second kappa shape index (κ2) is 8.56. The SMILES string of the molecule is CN=C(NCC1Cc2ccccc2O1)NCC(C(C)C)N1CCCC1. The minimum Gasteiger partial charge on any atom is -0.488 e. The van der Waals surface area contributed by atoms with Gasteiger partial charge in [-0.15, -0.1) is 0 Å². The predicted molar refractivity (Wildman–Crippen MR) is 103 cm³/mol. The van der Waals surface area contributed by atoms with Crippen molar-refractivity contribution in [3.05, 3.63) is 29.8 Å². The van der Waals surface area contributed by atoms with Gasteiger partial charge in [-0.05, 0) is 43.5 Å². The summed E-state index contributed by atoms with van der Waals surface area (Å²) in [6, 6.07) is 8.85. The standard InChI is InChI=1S/C20H32N4O/c1-15(2)18(24-10-6-7-11-24)14-23-20(21-3)22-13-17-12-16-8-4-5-9-19(16)25-17/h4-5,8-9,15,17-18H,6-7,10-14H2,1-3H3,(H2,21,22,23). The van der Waals surface area contributed by atoms with Gasteiger partial charge in [0.1, 0.15) is 11.9 Å². The smallest absolute Gasteiger partial charge is 0.191 e. The Morgan fingerprint density at radius 2 is 2.00 bits per heavy atom. The first-order valence-corrected chi connectivity index (χ1v) is 9.60. The molecule has 5 nitrogen and oxygen atoms in total. The maximum absolute atomic E-state index is 5.99. The van der Waals surface area contributed by atoms with Crippen molar-refractivity contribution >= 4 is 5.96 Å². The van der Waals surface area contributed by atoms with Gasteiger partial charge in [0, 0.05) is 26.1 Å². The van der Waals surface area contributed by atoms with Crippen LogP contribution in [0.15, 0.2) is 29.3 Å². The summed E-state index contributed by atoms with van der Waals surface area (Å²) in [6.45, 7) is 8.78. The normalized spacial score (nSPS) is 21.9. The summed E-state index contributed by atoms with van der Waals surface area (Å²) in [6.07, 6.45) is 3.80. The fraction of sp³-hybridized carbons (Fsp3) is 0.650. The molecule has 2 N–H and O–H groups in total. The van der Waals surface area contributed by atoms with Crippen LogP contribution in [0.5, 0.6) is 5.75 Å². The van der Waals surface area contributed by atoms with Crippen molar-refractivity contribution in [3.8, 4) is 5.75 Å². The number of aliphatic imine (C=N–C) groups is 1. The lowest BCUT2D eigenvalue weighted by molar-refractivity contribution is 0.191. The molecular formula is C20H32N4O. The van der Waals surface area contributed by atoms with E-state index >= 15 is 0 Å². The molecule has 0 radical (unpaired) electrons. The molecule has 2 aliphatic rings. The highest BCUT2D eigenvalue weighted by molar-refractivity contribution is 5.79. The van der Waals surface area contributed by atoms with E-state index in [1.807, 2.05) is 19.2 Å². The molecular weight excluding hydrogens is 312 g/mol. The highest BCUT2D eigenvalue weighted by atomic mass is 16.5. The van der Waals surface area contributed by atoms with Gasteiger partial charge in [-0.3, -0.25) is 9.89 Å². The quantitative estimate of drug-likeness (QED) is 0.614. The minimum atomic E-state index is 0.176. The van der Waals surface area contributed by atoms with Gasteiger partial charge >= 0.3 is 0 Å². The lowest BCUT2D eigenvalue weighted by Crippen LogP contribution is -2.49. The number of hydrogen-bond donors (Lipinski definition) is 2. The maximum atomic E-state index is 5.99. The van der Waals surface area contributed by atoms with Gasteiger partial charge in [-0.25, -0.2) is 0 Å². The van der Waals surface area contributed by atoms with E-state index in [1.165, 1.54) is 31.5 Å². The lowest BCUT2D eigenvalue weighted by Gasteiger charge is -2.31. The molecule has 2 heterocycles. The Bertz CT molecular complexity index is 556. The zero-order valence-electron chi connectivity index (χ0n) is 15.8. The summed E-state index contributed by atoms with van der Waals surface area (Å²) in [5, 5.41) is 6.94. The van der Waals surface area contributed by atoms with Crippen molar-refractivity contribution in [3.63, 3.8) is 0 Å². The van der Waals surface area contributed by atoms with Gasteiger partial charge in [0.2, 0.25) is 0 Å². The molecule has 1 aromatic carbocycles. The van der Waals surface area contributed by atoms with Crippen molar-refractivity contribution in [2.24, 2.45) is 10.9 Å². The number of benzene rings is 1. The lowest BCUT2D eigenvalue weighted by atomic mass is 10.0. The van der Waals surface area contributed by atoms with Crippen LogP contribution in [0.1, 0.15) is 32.3 Å². The molecule has 25 heavy (non-hydrogen) atoms. The minimum absolute atomic E-state index is 0.176. The molecule has 0 spiro atoms. The number of nitrogens with zero attached hydrogens (tertiary/aromatic N) is 2. The molecule has 0 aliphatic carbocycles. The third-order valence-corrected chi connectivity index (χ3v) is 5.29. The van der Waals surface area contributed by atoms with Crippen molar-refractivity contribution in [2.45, 2.75) is 45.3 Å². The number of hydrogen-bond acceptors (Lipinski definition) is 3. The van der Waals surface area contributed by atoms with Crippen LogP contribution in [-0.4, -0.2) is 56.2 Å². The van der Waals surface area contributed by atoms with Crippen LogP contribution in [0, 0.1) is 5.92 Å². The first-order chi connectivity index (χ1) is 12.2. The highest BCUT2D eigenvalue weighted by Crippen LogP contribution is 2.27. The molecule has 138 valence electrons. The third kappa shape index (κ3) is 4.66. The summed E-state index contributed by atoms with van der Waals surface area (Å²) < 4.78 is 5.99. The number of nitrogens with one attached hydrogen (secondary N) is 2. The van der Waals surface area contributed by atoms with Crippen LogP contribution in [-0.2, 0) is 6.42 Å². The van der Waals surface area contributed by atoms with Gasteiger partial charge in [0.15, 0.2) is 5.96 Å². The van der Waals surface area contributed by atoms with Crippen molar-refractivity contribution < 1.29 is 4.74 Å². The van der Waals surface area contributed by atoms with Gasteiger partial charge in [-0.2, -0.15) is 0 Å². The summed E-state index contributed by atoms with van der Waals surface area (Å²) >= 11 is 0. The Morgan fingerprint density at radius 1 is 1.24 bits per heavy atom. The summed E-state index contributed by atoms with van der Waals surface area (Å²) in [5.41, 5.74) is 1.30.